The molecule has 2 rings (SSSR count). The standard InChI is InChI=1S/C11H9NO3/c1-6-2-3-7-8(4-6)12-10(14)5-9(13)11(7)15/h2-5H,1H3,(H,12,14)(H,13,15). The van der Waals surface area contributed by atoms with Crippen LogP contribution in [0.25, 0.3) is 10.9 Å². The predicted molar refractivity (Wildman–Crippen MR) is 57.2 cm³/mol. The van der Waals surface area contributed by atoms with Crippen LogP contribution in [-0.2, 0) is 0 Å². The highest BCUT2D eigenvalue weighted by Crippen LogP contribution is 2.09. The summed E-state index contributed by atoms with van der Waals surface area (Å²) in [6.45, 7) is 1.86. The van der Waals surface area contributed by atoms with Gasteiger partial charge in [-0.3, -0.25) is 9.59 Å². The SMILES string of the molecule is Cc1ccc2c(=O)c(O)cc(=O)[nH]c2c1. The van der Waals surface area contributed by atoms with Crippen molar-refractivity contribution in [3.8, 4) is 5.75 Å². The Labute approximate surface area is 84.8 Å². The highest BCUT2D eigenvalue weighted by molar-refractivity contribution is 5.79. The number of rotatable bonds is 0. The first-order chi connectivity index (χ1) is 7.08. The molecule has 4 nitrogen and oxygen atoms in total. The number of fused-ring (bicyclic) bond motifs is 1. The molecule has 0 radical (unpaired) electrons. The molecule has 2 N–H and O–H groups in total. The molecular weight excluding hydrogens is 194 g/mol. The molecule has 0 saturated carbocycles. The van der Waals surface area contributed by atoms with Gasteiger partial charge in [0.15, 0.2) is 5.75 Å². The number of hydrogen-bond donors (Lipinski definition) is 2. The summed E-state index contributed by atoms with van der Waals surface area (Å²) in [6.07, 6.45) is 0. The molecular formula is C11H9NO3. The van der Waals surface area contributed by atoms with Gasteiger partial charge in [-0.25, -0.2) is 0 Å². The number of aryl methyl sites for hydroxylation is 1. The van der Waals surface area contributed by atoms with E-state index in [0.717, 1.165) is 11.6 Å². The summed E-state index contributed by atoms with van der Waals surface area (Å²) in [5, 5.41) is 9.60. The van der Waals surface area contributed by atoms with Crippen molar-refractivity contribution in [3.05, 3.63) is 50.4 Å². The predicted octanol–water partition coefficient (Wildman–Crippen LogP) is 0.902. The summed E-state index contributed by atoms with van der Waals surface area (Å²) in [7, 11) is 0. The third-order valence-corrected chi connectivity index (χ3v) is 2.18. The van der Waals surface area contributed by atoms with Gasteiger partial charge in [-0.05, 0) is 24.6 Å². The molecule has 1 aromatic heterocycles. The minimum Gasteiger partial charge on any atom is -0.504 e. The first kappa shape index (κ1) is 9.45. The molecule has 0 unspecified atom stereocenters. The molecule has 0 bridgehead atoms. The van der Waals surface area contributed by atoms with E-state index in [9.17, 15) is 14.7 Å². The summed E-state index contributed by atoms with van der Waals surface area (Å²) < 4.78 is 0. The number of aromatic nitrogens is 1. The van der Waals surface area contributed by atoms with Crippen molar-refractivity contribution >= 4 is 10.9 Å². The monoisotopic (exact) mass is 203 g/mol. The number of benzene rings is 1. The Bertz CT molecular complexity index is 643. The second kappa shape index (κ2) is 3.24. The van der Waals surface area contributed by atoms with Crippen LogP contribution in [-0.4, -0.2) is 10.1 Å². The lowest BCUT2D eigenvalue weighted by Gasteiger charge is -1.93. The van der Waals surface area contributed by atoms with Crippen LogP contribution in [0.5, 0.6) is 5.75 Å². The molecule has 0 spiro atoms. The third-order valence-electron chi connectivity index (χ3n) is 2.18. The van der Waals surface area contributed by atoms with Crippen LogP contribution < -0.4 is 11.0 Å². The lowest BCUT2D eigenvalue weighted by atomic mass is 10.1. The lowest BCUT2D eigenvalue weighted by Crippen LogP contribution is -1.98. The molecule has 0 aliphatic heterocycles. The Hall–Kier alpha value is -2.10. The van der Waals surface area contributed by atoms with Crippen LogP contribution in [0, 0.1) is 6.92 Å². The molecule has 0 aliphatic rings. The Balaban J connectivity index is 3.12. The van der Waals surface area contributed by atoms with E-state index in [1.807, 2.05) is 6.92 Å². The Morgan fingerprint density at radius 2 is 1.93 bits per heavy atom. The highest BCUT2D eigenvalue weighted by Gasteiger charge is 2.02. The van der Waals surface area contributed by atoms with Gasteiger partial charge < -0.3 is 10.1 Å². The molecule has 1 heterocycles. The van der Waals surface area contributed by atoms with E-state index in [-0.39, 0.29) is 0 Å². The summed E-state index contributed by atoms with van der Waals surface area (Å²) in [6, 6.07) is 5.92. The average Bonchev–Trinajstić information content (AvgIpc) is 2.25. The Morgan fingerprint density at radius 1 is 1.20 bits per heavy atom. The zero-order valence-corrected chi connectivity index (χ0v) is 8.07. The topological polar surface area (TPSA) is 70.2 Å². The van der Waals surface area contributed by atoms with Crippen molar-refractivity contribution in [1.29, 1.82) is 0 Å². The maximum absolute atomic E-state index is 11.6. The van der Waals surface area contributed by atoms with Crippen LogP contribution >= 0.6 is 0 Å². The minimum absolute atomic E-state index is 0.306. The van der Waals surface area contributed by atoms with Gasteiger partial charge in [-0.15, -0.1) is 0 Å². The molecule has 15 heavy (non-hydrogen) atoms. The minimum atomic E-state index is -0.539. The second-order valence-corrected chi connectivity index (χ2v) is 3.40. The van der Waals surface area contributed by atoms with Crippen LogP contribution in [0.1, 0.15) is 5.56 Å². The van der Waals surface area contributed by atoms with Gasteiger partial charge in [0.25, 0.3) is 5.56 Å². The van der Waals surface area contributed by atoms with Gasteiger partial charge in [0, 0.05) is 11.5 Å². The molecule has 76 valence electrons. The van der Waals surface area contributed by atoms with E-state index in [1.165, 1.54) is 0 Å². The molecule has 4 heteroatoms. The fourth-order valence-electron chi connectivity index (χ4n) is 1.46. The number of H-pyrrole nitrogens is 1. The molecule has 0 amide bonds. The molecule has 1 aromatic carbocycles. The molecule has 0 saturated heterocycles. The van der Waals surface area contributed by atoms with E-state index in [4.69, 9.17) is 0 Å². The fraction of sp³-hybridized carbons (Fsp3) is 0.0909. The smallest absolute Gasteiger partial charge is 0.252 e. The van der Waals surface area contributed by atoms with Crippen molar-refractivity contribution in [3.63, 3.8) is 0 Å². The molecule has 0 fully saturated rings. The van der Waals surface area contributed by atoms with Crippen LogP contribution in [0.3, 0.4) is 0 Å². The van der Waals surface area contributed by atoms with Crippen molar-refractivity contribution in [2.45, 2.75) is 6.92 Å². The zero-order chi connectivity index (χ0) is 11.0. The highest BCUT2D eigenvalue weighted by atomic mass is 16.3. The van der Waals surface area contributed by atoms with Crippen molar-refractivity contribution < 1.29 is 5.11 Å². The first-order valence-electron chi connectivity index (χ1n) is 4.45. The third kappa shape index (κ3) is 1.61. The van der Waals surface area contributed by atoms with Gasteiger partial charge in [0.2, 0.25) is 5.43 Å². The number of hydrogen-bond acceptors (Lipinski definition) is 3. The van der Waals surface area contributed by atoms with E-state index in [1.54, 1.807) is 18.2 Å². The largest absolute Gasteiger partial charge is 0.504 e. The Kier molecular flexibility index (Phi) is 2.04. The molecule has 0 atom stereocenters. The van der Waals surface area contributed by atoms with Gasteiger partial charge in [-0.1, -0.05) is 6.07 Å². The average molecular weight is 203 g/mol. The summed E-state index contributed by atoms with van der Waals surface area (Å²) in [5.74, 6) is -0.532. The van der Waals surface area contributed by atoms with Gasteiger partial charge >= 0.3 is 0 Å². The number of aromatic amines is 1. The lowest BCUT2D eigenvalue weighted by molar-refractivity contribution is 0.471. The fourth-order valence-corrected chi connectivity index (χ4v) is 1.46. The van der Waals surface area contributed by atoms with Gasteiger partial charge in [0.05, 0.1) is 5.52 Å². The normalized spacial score (nSPS) is 10.5. The van der Waals surface area contributed by atoms with E-state index in [2.05, 4.69) is 4.98 Å². The van der Waals surface area contributed by atoms with Gasteiger partial charge in [0.1, 0.15) is 0 Å². The maximum Gasteiger partial charge on any atom is 0.252 e. The summed E-state index contributed by atoms with van der Waals surface area (Å²) in [4.78, 5) is 25.3. The number of aromatic hydroxyl groups is 1. The quantitative estimate of drug-likeness (QED) is 0.668. The van der Waals surface area contributed by atoms with Crippen molar-refractivity contribution in [2.75, 3.05) is 0 Å². The summed E-state index contributed by atoms with van der Waals surface area (Å²) in [5.41, 5.74) is 0.335. The van der Waals surface area contributed by atoms with E-state index in [0.29, 0.717) is 10.9 Å². The second-order valence-electron chi connectivity index (χ2n) is 3.40. The maximum atomic E-state index is 11.6. The van der Waals surface area contributed by atoms with Crippen molar-refractivity contribution in [1.82, 2.24) is 4.98 Å². The van der Waals surface area contributed by atoms with Gasteiger partial charge in [-0.2, -0.15) is 0 Å². The van der Waals surface area contributed by atoms with Crippen LogP contribution in [0.4, 0.5) is 0 Å². The zero-order valence-electron chi connectivity index (χ0n) is 8.07. The van der Waals surface area contributed by atoms with Crippen LogP contribution in [0.2, 0.25) is 0 Å². The first-order valence-corrected chi connectivity index (χ1v) is 4.45. The van der Waals surface area contributed by atoms with E-state index >= 15 is 0 Å². The molecule has 0 aliphatic carbocycles. The Morgan fingerprint density at radius 3 is 2.67 bits per heavy atom. The van der Waals surface area contributed by atoms with E-state index < -0.39 is 16.7 Å². The molecule has 2 aromatic rings. The van der Waals surface area contributed by atoms with Crippen molar-refractivity contribution in [2.24, 2.45) is 0 Å². The number of nitrogens with one attached hydrogen (secondary N) is 1. The summed E-state index contributed by atoms with van der Waals surface area (Å²) >= 11 is 0. The van der Waals surface area contributed by atoms with Crippen LogP contribution in [0.15, 0.2) is 33.9 Å².